The van der Waals surface area contributed by atoms with Gasteiger partial charge in [-0.1, -0.05) is 70.0 Å². The number of halogens is 2. The van der Waals surface area contributed by atoms with Crippen LogP contribution in [0.1, 0.15) is 16.7 Å². The summed E-state index contributed by atoms with van der Waals surface area (Å²) >= 11 is 15.2. The molecule has 0 radical (unpaired) electrons. The molecule has 0 aliphatic carbocycles. The molecule has 1 heterocycles. The van der Waals surface area contributed by atoms with Crippen LogP contribution >= 0.6 is 39.7 Å². The van der Waals surface area contributed by atoms with Crippen molar-refractivity contribution in [1.29, 1.82) is 0 Å². The van der Waals surface area contributed by atoms with Crippen molar-refractivity contribution >= 4 is 62.2 Å². The Hall–Kier alpha value is -2.74. The number of anilines is 1. The predicted molar refractivity (Wildman–Crippen MR) is 142 cm³/mol. The maximum atomic E-state index is 13.3. The van der Waals surface area contributed by atoms with Crippen LogP contribution in [0.2, 0.25) is 5.02 Å². The van der Waals surface area contributed by atoms with Crippen molar-refractivity contribution in [2.45, 2.75) is 12.6 Å². The lowest BCUT2D eigenvalue weighted by atomic mass is 10.0. The van der Waals surface area contributed by atoms with Crippen LogP contribution in [0, 0.1) is 0 Å². The molecule has 0 bridgehead atoms. The van der Waals surface area contributed by atoms with Gasteiger partial charge in [-0.3, -0.25) is 4.79 Å². The van der Waals surface area contributed by atoms with Gasteiger partial charge in [0.05, 0.1) is 11.4 Å². The standard InChI is InChI=1S/C25H22BrClN4OS/c1-31-21-12-11-19(27)15-20(21)22(17-5-3-2-4-6-17)29-23(24(31)32)30-25(33)28-14-13-16-7-9-18(26)10-8-16/h2-12,15,23H,13-14H2,1H3,(H2,28,30,33). The molecule has 8 heteroatoms. The molecule has 1 aliphatic heterocycles. The number of hydrogen-bond acceptors (Lipinski definition) is 3. The van der Waals surface area contributed by atoms with Crippen LogP contribution in [0.4, 0.5) is 5.69 Å². The summed E-state index contributed by atoms with van der Waals surface area (Å²) in [7, 11) is 1.73. The Balaban J connectivity index is 1.55. The number of nitrogens with one attached hydrogen (secondary N) is 2. The quantitative estimate of drug-likeness (QED) is 0.449. The van der Waals surface area contributed by atoms with E-state index in [0.29, 0.717) is 22.4 Å². The van der Waals surface area contributed by atoms with Crippen LogP contribution in [-0.2, 0) is 11.2 Å². The molecule has 4 rings (SSSR count). The van der Waals surface area contributed by atoms with Crippen LogP contribution in [0.5, 0.6) is 0 Å². The first-order valence-electron chi connectivity index (χ1n) is 10.4. The summed E-state index contributed by atoms with van der Waals surface area (Å²) in [5, 5.41) is 7.22. The molecule has 2 N–H and O–H groups in total. The molecule has 1 atom stereocenters. The fraction of sp³-hybridized carbons (Fsp3) is 0.160. The monoisotopic (exact) mass is 540 g/mol. The van der Waals surface area contributed by atoms with Gasteiger partial charge in [0.2, 0.25) is 6.17 Å². The Morgan fingerprint density at radius 1 is 1.12 bits per heavy atom. The normalized spacial score (nSPS) is 15.4. The molecule has 3 aromatic rings. The van der Waals surface area contributed by atoms with E-state index in [9.17, 15) is 4.79 Å². The van der Waals surface area contributed by atoms with Crippen molar-refractivity contribution in [3.63, 3.8) is 0 Å². The van der Waals surface area contributed by atoms with E-state index >= 15 is 0 Å². The first-order chi connectivity index (χ1) is 15.9. The van der Waals surface area contributed by atoms with E-state index in [2.05, 4.69) is 38.7 Å². The van der Waals surface area contributed by atoms with Crippen molar-refractivity contribution in [1.82, 2.24) is 10.6 Å². The molecule has 0 saturated heterocycles. The molecule has 0 saturated carbocycles. The number of nitrogens with zero attached hydrogens (tertiary/aromatic N) is 2. The first kappa shape index (κ1) is 23.4. The highest BCUT2D eigenvalue weighted by Crippen LogP contribution is 2.29. The molecule has 5 nitrogen and oxygen atoms in total. The van der Waals surface area contributed by atoms with E-state index in [4.69, 9.17) is 28.8 Å². The second kappa shape index (κ2) is 10.5. The Bertz CT molecular complexity index is 1200. The lowest BCUT2D eigenvalue weighted by Crippen LogP contribution is -2.49. The maximum absolute atomic E-state index is 13.3. The van der Waals surface area contributed by atoms with E-state index in [-0.39, 0.29) is 5.91 Å². The van der Waals surface area contributed by atoms with Gasteiger partial charge < -0.3 is 15.5 Å². The van der Waals surface area contributed by atoms with Gasteiger partial charge in [0, 0.05) is 34.2 Å². The maximum Gasteiger partial charge on any atom is 0.272 e. The van der Waals surface area contributed by atoms with E-state index in [0.717, 1.165) is 27.7 Å². The van der Waals surface area contributed by atoms with E-state index in [1.807, 2.05) is 54.6 Å². The molecule has 1 unspecified atom stereocenters. The number of benzene rings is 3. The van der Waals surface area contributed by atoms with Gasteiger partial charge in [-0.15, -0.1) is 0 Å². The first-order valence-corrected chi connectivity index (χ1v) is 12.0. The Morgan fingerprint density at radius 3 is 2.58 bits per heavy atom. The van der Waals surface area contributed by atoms with Gasteiger partial charge in [-0.25, -0.2) is 4.99 Å². The fourth-order valence-electron chi connectivity index (χ4n) is 3.61. The number of fused-ring (bicyclic) bond motifs is 1. The van der Waals surface area contributed by atoms with Gasteiger partial charge in [0.25, 0.3) is 5.91 Å². The zero-order valence-corrected chi connectivity index (χ0v) is 21.0. The van der Waals surface area contributed by atoms with Gasteiger partial charge >= 0.3 is 0 Å². The number of aliphatic imine (C=N–C) groups is 1. The molecular weight excluding hydrogens is 520 g/mol. The topological polar surface area (TPSA) is 56.7 Å². The smallest absolute Gasteiger partial charge is 0.272 e. The average Bonchev–Trinajstić information content (AvgIpc) is 2.91. The number of amides is 1. The van der Waals surface area contributed by atoms with E-state index in [1.54, 1.807) is 18.0 Å². The molecule has 3 aromatic carbocycles. The molecule has 168 valence electrons. The Kier molecular flexibility index (Phi) is 7.42. The highest BCUT2D eigenvalue weighted by molar-refractivity contribution is 9.10. The van der Waals surface area contributed by atoms with E-state index in [1.165, 1.54) is 5.56 Å². The summed E-state index contributed by atoms with van der Waals surface area (Å²) in [5.41, 5.74) is 4.30. The van der Waals surface area contributed by atoms with Crippen LogP contribution < -0.4 is 15.5 Å². The molecule has 0 fully saturated rings. The van der Waals surface area contributed by atoms with Crippen LogP contribution in [0.25, 0.3) is 0 Å². The molecule has 0 aromatic heterocycles. The third-order valence-corrected chi connectivity index (χ3v) is 6.35. The molecule has 1 aliphatic rings. The number of carbonyl (C=O) groups excluding carboxylic acids is 1. The Morgan fingerprint density at radius 2 is 1.85 bits per heavy atom. The number of benzodiazepines with no additional fused rings is 1. The van der Waals surface area contributed by atoms with Crippen molar-refractivity contribution in [3.8, 4) is 0 Å². The van der Waals surface area contributed by atoms with Gasteiger partial charge in [0.1, 0.15) is 0 Å². The zero-order chi connectivity index (χ0) is 23.4. The lowest BCUT2D eigenvalue weighted by molar-refractivity contribution is -0.119. The van der Waals surface area contributed by atoms with Crippen LogP contribution in [0.3, 0.4) is 0 Å². The minimum atomic E-state index is -0.871. The predicted octanol–water partition coefficient (Wildman–Crippen LogP) is 4.95. The number of carbonyl (C=O) groups is 1. The molecule has 0 spiro atoms. The minimum absolute atomic E-state index is 0.207. The number of rotatable bonds is 5. The SMILES string of the molecule is CN1C(=O)C(NC(=S)NCCc2ccc(Br)cc2)N=C(c2ccccc2)c2cc(Cl)ccc21. The third-order valence-electron chi connectivity index (χ3n) is 5.33. The number of hydrogen-bond donors (Lipinski definition) is 2. The van der Waals surface area contributed by atoms with Gasteiger partial charge in [-0.05, 0) is 54.5 Å². The summed E-state index contributed by atoms with van der Waals surface area (Å²) in [6.07, 6.45) is -0.0696. The second-order valence-corrected chi connectivity index (χ2v) is 9.34. The largest absolute Gasteiger partial charge is 0.362 e. The molecule has 33 heavy (non-hydrogen) atoms. The van der Waals surface area contributed by atoms with E-state index < -0.39 is 6.17 Å². The highest BCUT2D eigenvalue weighted by atomic mass is 79.9. The lowest BCUT2D eigenvalue weighted by Gasteiger charge is -2.22. The summed E-state index contributed by atoms with van der Waals surface area (Å²) < 4.78 is 1.04. The van der Waals surface area contributed by atoms with Gasteiger partial charge in [0.15, 0.2) is 5.11 Å². The van der Waals surface area contributed by atoms with Crippen LogP contribution in [-0.4, -0.2) is 36.5 Å². The summed E-state index contributed by atoms with van der Waals surface area (Å²) in [5.74, 6) is -0.207. The number of likely N-dealkylation sites (N-methyl/N-ethyl adjacent to an activating group) is 1. The van der Waals surface area contributed by atoms with Crippen LogP contribution in [0.15, 0.2) is 82.3 Å². The summed E-state index contributed by atoms with van der Waals surface area (Å²) in [4.78, 5) is 19.7. The minimum Gasteiger partial charge on any atom is -0.362 e. The third kappa shape index (κ3) is 5.61. The summed E-state index contributed by atoms with van der Waals surface area (Å²) in [6.45, 7) is 0.634. The fourth-order valence-corrected chi connectivity index (χ4v) is 4.26. The van der Waals surface area contributed by atoms with Crippen molar-refractivity contribution < 1.29 is 4.79 Å². The summed E-state index contributed by atoms with van der Waals surface area (Å²) in [6, 6.07) is 23.3. The van der Waals surface area contributed by atoms with Crippen molar-refractivity contribution in [3.05, 3.63) is 99.0 Å². The molecule has 1 amide bonds. The Labute approximate surface area is 212 Å². The van der Waals surface area contributed by atoms with Gasteiger partial charge in [-0.2, -0.15) is 0 Å². The average molecular weight is 542 g/mol. The zero-order valence-electron chi connectivity index (χ0n) is 17.9. The molecular formula is C25H22BrClN4OS. The highest BCUT2D eigenvalue weighted by Gasteiger charge is 2.30. The number of thiocarbonyl (C=S) groups is 1. The second-order valence-electron chi connectivity index (χ2n) is 7.58. The van der Waals surface area contributed by atoms with Crippen molar-refractivity contribution in [2.24, 2.45) is 4.99 Å². The van der Waals surface area contributed by atoms with Crippen molar-refractivity contribution in [2.75, 3.05) is 18.5 Å².